The molecule has 0 unspecified atom stereocenters. The highest BCUT2D eigenvalue weighted by Gasteiger charge is 2.21. The lowest BCUT2D eigenvalue weighted by Gasteiger charge is -2.24. The van der Waals surface area contributed by atoms with Gasteiger partial charge in [0.25, 0.3) is 0 Å². The molecule has 3 aromatic rings. The molecule has 3 aromatic carbocycles. The third kappa shape index (κ3) is 5.30. The van der Waals surface area contributed by atoms with Gasteiger partial charge in [-0.05, 0) is 36.9 Å². The molecular formula is C23H26N2O4S. The Labute approximate surface area is 177 Å². The van der Waals surface area contributed by atoms with Gasteiger partial charge in [-0.1, -0.05) is 48.5 Å². The monoisotopic (exact) mass is 426 g/mol. The molecule has 0 aromatic heterocycles. The van der Waals surface area contributed by atoms with E-state index in [4.69, 9.17) is 4.74 Å². The maximum atomic E-state index is 12.5. The smallest absolute Gasteiger partial charge is 0.232 e. The van der Waals surface area contributed by atoms with Crippen LogP contribution in [0.25, 0.3) is 10.8 Å². The van der Waals surface area contributed by atoms with Gasteiger partial charge in [0.15, 0.2) is 0 Å². The summed E-state index contributed by atoms with van der Waals surface area (Å²) >= 11 is 0. The summed E-state index contributed by atoms with van der Waals surface area (Å²) in [5, 5.41) is 4.95. The van der Waals surface area contributed by atoms with Gasteiger partial charge in [-0.15, -0.1) is 0 Å². The van der Waals surface area contributed by atoms with Gasteiger partial charge in [0.05, 0.1) is 18.6 Å². The van der Waals surface area contributed by atoms with Crippen molar-refractivity contribution < 1.29 is 17.9 Å². The van der Waals surface area contributed by atoms with Crippen LogP contribution in [0.2, 0.25) is 0 Å². The summed E-state index contributed by atoms with van der Waals surface area (Å²) in [5.74, 6) is 0.350. The molecule has 0 aliphatic heterocycles. The minimum absolute atomic E-state index is 0.155. The van der Waals surface area contributed by atoms with E-state index in [1.807, 2.05) is 49.4 Å². The fourth-order valence-electron chi connectivity index (χ4n) is 3.34. The first-order valence-corrected chi connectivity index (χ1v) is 11.7. The van der Waals surface area contributed by atoms with Gasteiger partial charge in [0.1, 0.15) is 5.75 Å². The molecule has 0 saturated carbocycles. The molecule has 30 heavy (non-hydrogen) atoms. The van der Waals surface area contributed by atoms with Crippen LogP contribution >= 0.6 is 0 Å². The minimum atomic E-state index is -3.52. The minimum Gasteiger partial charge on any atom is -0.492 e. The summed E-state index contributed by atoms with van der Waals surface area (Å²) in [6.07, 6.45) is 1.74. The zero-order valence-corrected chi connectivity index (χ0v) is 18.0. The predicted molar refractivity (Wildman–Crippen MR) is 122 cm³/mol. The van der Waals surface area contributed by atoms with Gasteiger partial charge in [0, 0.05) is 24.0 Å². The third-order valence-corrected chi connectivity index (χ3v) is 5.84. The Balaban J connectivity index is 1.68. The number of hydrogen-bond acceptors (Lipinski definition) is 4. The van der Waals surface area contributed by atoms with Crippen LogP contribution in [0, 0.1) is 0 Å². The Morgan fingerprint density at radius 1 is 1.00 bits per heavy atom. The number of amides is 1. The van der Waals surface area contributed by atoms with Gasteiger partial charge >= 0.3 is 0 Å². The predicted octanol–water partition coefficient (Wildman–Crippen LogP) is 4.42. The van der Waals surface area contributed by atoms with Crippen molar-refractivity contribution in [3.8, 4) is 5.75 Å². The van der Waals surface area contributed by atoms with Gasteiger partial charge in [-0.25, -0.2) is 8.42 Å². The van der Waals surface area contributed by atoms with Crippen LogP contribution in [0.15, 0.2) is 66.7 Å². The molecule has 0 bridgehead atoms. The zero-order valence-electron chi connectivity index (χ0n) is 17.2. The molecular weight excluding hydrogens is 400 g/mol. The number of carbonyl (C=O) groups excluding carboxylic acids is 1. The molecule has 158 valence electrons. The first-order valence-electron chi connectivity index (χ1n) is 9.87. The second kappa shape index (κ2) is 9.63. The first-order chi connectivity index (χ1) is 14.4. The van der Waals surface area contributed by atoms with Crippen molar-refractivity contribution in [3.63, 3.8) is 0 Å². The molecule has 0 saturated heterocycles. The molecule has 3 rings (SSSR count). The Bertz CT molecular complexity index is 1120. The summed E-state index contributed by atoms with van der Waals surface area (Å²) in [6, 6.07) is 20.6. The summed E-state index contributed by atoms with van der Waals surface area (Å²) in [5.41, 5.74) is 1.23. The van der Waals surface area contributed by atoms with E-state index in [2.05, 4.69) is 5.32 Å². The largest absolute Gasteiger partial charge is 0.492 e. The molecule has 1 N–H and O–H groups in total. The maximum Gasteiger partial charge on any atom is 0.232 e. The second-order valence-corrected chi connectivity index (χ2v) is 8.82. The number of nitrogens with one attached hydrogen (secondary N) is 1. The van der Waals surface area contributed by atoms with Crippen LogP contribution < -0.4 is 14.4 Å². The van der Waals surface area contributed by atoms with E-state index in [-0.39, 0.29) is 18.9 Å². The van der Waals surface area contributed by atoms with Crippen molar-refractivity contribution in [3.05, 3.63) is 66.7 Å². The molecule has 7 heteroatoms. The molecule has 0 aliphatic rings. The average molecular weight is 427 g/mol. The van der Waals surface area contributed by atoms with Gasteiger partial charge in [-0.2, -0.15) is 0 Å². The van der Waals surface area contributed by atoms with Crippen molar-refractivity contribution in [1.82, 2.24) is 0 Å². The molecule has 0 atom stereocenters. The molecule has 0 aliphatic carbocycles. The number of hydrogen-bond donors (Lipinski definition) is 1. The number of fused-ring (bicyclic) bond motifs is 1. The van der Waals surface area contributed by atoms with Gasteiger partial charge in [-0.3, -0.25) is 9.10 Å². The molecule has 0 heterocycles. The zero-order chi connectivity index (χ0) is 21.6. The van der Waals surface area contributed by atoms with E-state index >= 15 is 0 Å². The molecule has 0 spiro atoms. The maximum absolute atomic E-state index is 12.5. The van der Waals surface area contributed by atoms with Gasteiger partial charge < -0.3 is 10.1 Å². The topological polar surface area (TPSA) is 75.7 Å². The van der Waals surface area contributed by atoms with Crippen LogP contribution in [0.5, 0.6) is 5.75 Å². The lowest BCUT2D eigenvalue weighted by atomic mass is 10.1. The highest BCUT2D eigenvalue weighted by molar-refractivity contribution is 7.92. The van der Waals surface area contributed by atoms with E-state index in [9.17, 15) is 13.2 Å². The SMILES string of the molecule is CCOc1ccccc1N(CCCC(=O)Nc1cccc2ccccc12)S(C)(=O)=O. The van der Waals surface area contributed by atoms with Crippen molar-refractivity contribution in [2.45, 2.75) is 19.8 Å². The molecule has 6 nitrogen and oxygen atoms in total. The van der Waals surface area contributed by atoms with E-state index in [0.29, 0.717) is 24.5 Å². The summed E-state index contributed by atoms with van der Waals surface area (Å²) < 4.78 is 31.6. The first kappa shape index (κ1) is 21.6. The fourth-order valence-corrected chi connectivity index (χ4v) is 4.30. The van der Waals surface area contributed by atoms with Crippen LogP contribution in [0.4, 0.5) is 11.4 Å². The quantitative estimate of drug-likeness (QED) is 0.549. The Kier molecular flexibility index (Phi) is 6.95. The van der Waals surface area contributed by atoms with Crippen molar-refractivity contribution in [2.75, 3.05) is 29.0 Å². The Hall–Kier alpha value is -3.06. The normalized spacial score (nSPS) is 11.3. The lowest BCUT2D eigenvalue weighted by molar-refractivity contribution is -0.116. The van der Waals surface area contributed by atoms with Crippen LogP contribution in [0.1, 0.15) is 19.8 Å². The highest BCUT2D eigenvalue weighted by atomic mass is 32.2. The average Bonchev–Trinajstić information content (AvgIpc) is 2.72. The van der Waals surface area contributed by atoms with Crippen molar-refractivity contribution in [2.24, 2.45) is 0 Å². The third-order valence-electron chi connectivity index (χ3n) is 4.66. The van der Waals surface area contributed by atoms with Crippen molar-refractivity contribution in [1.29, 1.82) is 0 Å². The van der Waals surface area contributed by atoms with E-state index < -0.39 is 10.0 Å². The highest BCUT2D eigenvalue weighted by Crippen LogP contribution is 2.30. The van der Waals surface area contributed by atoms with Crippen LogP contribution in [-0.4, -0.2) is 33.7 Å². The Morgan fingerprint density at radius 3 is 2.47 bits per heavy atom. The van der Waals surface area contributed by atoms with Crippen LogP contribution in [-0.2, 0) is 14.8 Å². The second-order valence-electron chi connectivity index (χ2n) is 6.91. The van der Waals surface area contributed by atoms with Crippen molar-refractivity contribution >= 4 is 38.1 Å². The number of rotatable bonds is 9. The van der Waals surface area contributed by atoms with Crippen LogP contribution in [0.3, 0.4) is 0 Å². The fraction of sp³-hybridized carbons (Fsp3) is 0.261. The lowest BCUT2D eigenvalue weighted by Crippen LogP contribution is -2.31. The number of nitrogens with zero attached hydrogens (tertiary/aromatic N) is 1. The molecule has 1 amide bonds. The summed E-state index contributed by atoms with van der Waals surface area (Å²) in [7, 11) is -3.52. The van der Waals surface area contributed by atoms with Gasteiger partial charge in [0.2, 0.25) is 15.9 Å². The Morgan fingerprint density at radius 2 is 1.70 bits per heavy atom. The number of anilines is 2. The molecule has 0 fully saturated rings. The number of carbonyl (C=O) groups is 1. The van der Waals surface area contributed by atoms with E-state index in [1.165, 1.54) is 4.31 Å². The number of sulfonamides is 1. The van der Waals surface area contributed by atoms with E-state index in [0.717, 1.165) is 22.7 Å². The number of ether oxygens (including phenoxy) is 1. The number of benzene rings is 3. The summed E-state index contributed by atoms with van der Waals surface area (Å²) in [6.45, 7) is 2.47. The van der Waals surface area contributed by atoms with E-state index in [1.54, 1.807) is 24.3 Å². The number of para-hydroxylation sites is 2. The molecule has 0 radical (unpaired) electrons. The summed E-state index contributed by atoms with van der Waals surface area (Å²) in [4.78, 5) is 12.5. The standard InChI is InChI=1S/C23H26N2O4S/c1-3-29-22-15-7-6-14-21(22)25(30(2,27)28)17-9-16-23(26)24-20-13-8-11-18-10-4-5-12-19(18)20/h4-8,10-15H,3,9,16-17H2,1-2H3,(H,24,26).